The smallest absolute Gasteiger partial charge is 1.00 e. The third-order valence-corrected chi connectivity index (χ3v) is 1.13. The Bertz CT molecular complexity index is 177. The average Bonchev–Trinajstić information content (AvgIpc) is 1.77. The molecular weight excluding hydrogens is 311 g/mol. The molecule has 0 aliphatic rings. The summed E-state index contributed by atoms with van der Waals surface area (Å²) in [7, 11) is 0. The van der Waals surface area contributed by atoms with E-state index in [-0.39, 0.29) is 67.9 Å². The van der Waals surface area contributed by atoms with Crippen LogP contribution in [-0.4, -0.2) is 23.1 Å². The van der Waals surface area contributed by atoms with Crippen molar-refractivity contribution in [1.82, 2.24) is 0 Å². The molecule has 1 rings (SSSR count). The van der Waals surface area contributed by atoms with Crippen molar-refractivity contribution in [3.8, 4) is 0 Å². The van der Waals surface area contributed by atoms with E-state index in [4.69, 9.17) is 11.6 Å². The van der Waals surface area contributed by atoms with Crippen molar-refractivity contribution in [3.05, 3.63) is 35.1 Å². The molecule has 0 aliphatic heterocycles. The summed E-state index contributed by atoms with van der Waals surface area (Å²) in [5.41, 5.74) is 0. The molecule has 0 N–H and O–H groups in total. The summed E-state index contributed by atoms with van der Waals surface area (Å²) in [5.74, 6) is -0.367. The Balaban J connectivity index is -0.000000213. The van der Waals surface area contributed by atoms with Crippen LogP contribution in [0, 0.1) is 5.82 Å². The van der Waals surface area contributed by atoms with Crippen LogP contribution in [-0.2, 0) is 0 Å². The van der Waals surface area contributed by atoms with Crippen LogP contribution in [0.2, 0.25) is 5.02 Å². The molecule has 5 heteroatoms. The van der Waals surface area contributed by atoms with Gasteiger partial charge in [0.05, 0.1) is 5.02 Å². The molecule has 0 aliphatic carbocycles. The van der Waals surface area contributed by atoms with Gasteiger partial charge in [-0.15, -0.1) is 0 Å². The summed E-state index contributed by atoms with van der Waals surface area (Å²) in [6.45, 7) is 0. The average molecular weight is 315 g/mol. The van der Waals surface area contributed by atoms with E-state index < -0.39 is 0 Å². The summed E-state index contributed by atoms with van der Waals surface area (Å²) in [5, 5.41) is 0.174. The van der Waals surface area contributed by atoms with Crippen LogP contribution in [0.25, 0.3) is 0 Å². The standard InChI is InChI=1S/C6H4ClF.2BrH.Mg/c7-5-3-1-2-4-6(5)8;;;/h1-4H;2*1H;/q;;;+2/p-2. The van der Waals surface area contributed by atoms with Crippen LogP contribution in [0.5, 0.6) is 0 Å². The van der Waals surface area contributed by atoms with E-state index >= 15 is 0 Å². The van der Waals surface area contributed by atoms with Crippen LogP contribution >= 0.6 is 11.6 Å². The van der Waals surface area contributed by atoms with E-state index in [1.54, 1.807) is 12.1 Å². The topological polar surface area (TPSA) is 0 Å². The van der Waals surface area contributed by atoms with E-state index in [0.717, 1.165) is 0 Å². The molecule has 0 aromatic heterocycles. The van der Waals surface area contributed by atoms with E-state index in [2.05, 4.69) is 0 Å². The fraction of sp³-hybridized carbons (Fsp3) is 0. The number of rotatable bonds is 0. The first-order valence-corrected chi connectivity index (χ1v) is 2.58. The van der Waals surface area contributed by atoms with Crippen molar-refractivity contribution < 1.29 is 38.4 Å². The second-order valence-corrected chi connectivity index (χ2v) is 1.82. The van der Waals surface area contributed by atoms with Crippen molar-refractivity contribution in [2.24, 2.45) is 0 Å². The Kier molecular flexibility index (Phi) is 15.2. The Hall–Kier alpha value is 1.17. The van der Waals surface area contributed by atoms with Gasteiger partial charge < -0.3 is 34.0 Å². The van der Waals surface area contributed by atoms with Crippen LogP contribution in [0.3, 0.4) is 0 Å². The van der Waals surface area contributed by atoms with Crippen LogP contribution < -0.4 is 34.0 Å². The molecule has 0 bridgehead atoms. The monoisotopic (exact) mass is 312 g/mol. The molecule has 58 valence electrons. The summed E-state index contributed by atoms with van der Waals surface area (Å²) >= 11 is 5.33. The molecule has 0 radical (unpaired) electrons. The fourth-order valence-electron chi connectivity index (χ4n) is 0.439. The van der Waals surface area contributed by atoms with Gasteiger partial charge in [0.25, 0.3) is 0 Å². The predicted octanol–water partition coefficient (Wildman–Crippen LogP) is -3.89. The molecule has 1 aromatic rings. The third-order valence-electron chi connectivity index (χ3n) is 0.824. The molecule has 1 aromatic carbocycles. The SMILES string of the molecule is Fc1ccccc1Cl.[Br-].[Br-].[Mg+2]. The van der Waals surface area contributed by atoms with Crippen molar-refractivity contribution in [3.63, 3.8) is 0 Å². The first-order chi connectivity index (χ1) is 3.80. The molecular formula is C6H4Br2ClFMg. The van der Waals surface area contributed by atoms with Crippen molar-refractivity contribution in [2.45, 2.75) is 0 Å². The summed E-state index contributed by atoms with van der Waals surface area (Å²) in [4.78, 5) is 0. The van der Waals surface area contributed by atoms with E-state index in [1.165, 1.54) is 12.1 Å². The largest absolute Gasteiger partial charge is 2.00 e. The number of hydrogen-bond donors (Lipinski definition) is 0. The molecule has 0 atom stereocenters. The zero-order valence-electron chi connectivity index (χ0n) is 5.53. The maximum absolute atomic E-state index is 12.2. The Morgan fingerprint density at radius 3 is 1.82 bits per heavy atom. The third kappa shape index (κ3) is 6.34. The first-order valence-electron chi connectivity index (χ1n) is 2.21. The van der Waals surface area contributed by atoms with Gasteiger partial charge in [-0.25, -0.2) is 4.39 Å². The Morgan fingerprint density at radius 2 is 1.55 bits per heavy atom. The van der Waals surface area contributed by atoms with Crippen LogP contribution in [0.4, 0.5) is 4.39 Å². The molecule has 0 saturated heterocycles. The van der Waals surface area contributed by atoms with E-state index in [1.807, 2.05) is 0 Å². The Labute approximate surface area is 107 Å². The van der Waals surface area contributed by atoms with Crippen LogP contribution in [0.1, 0.15) is 0 Å². The summed E-state index contributed by atoms with van der Waals surface area (Å²) in [6.07, 6.45) is 0. The van der Waals surface area contributed by atoms with Gasteiger partial charge in [0, 0.05) is 0 Å². The van der Waals surface area contributed by atoms with Gasteiger partial charge in [0.15, 0.2) is 0 Å². The van der Waals surface area contributed by atoms with Crippen molar-refractivity contribution >= 4 is 34.7 Å². The zero-order chi connectivity index (χ0) is 5.98. The van der Waals surface area contributed by atoms with Gasteiger partial charge in [-0.1, -0.05) is 23.7 Å². The van der Waals surface area contributed by atoms with Crippen LogP contribution in [0.15, 0.2) is 24.3 Å². The second kappa shape index (κ2) is 9.26. The molecule has 0 saturated carbocycles. The van der Waals surface area contributed by atoms with Gasteiger partial charge in [-0.05, 0) is 12.1 Å². The molecule has 0 heterocycles. The second-order valence-electron chi connectivity index (χ2n) is 1.41. The number of halogens is 4. The number of benzene rings is 1. The minimum atomic E-state index is -0.367. The minimum Gasteiger partial charge on any atom is -1.00 e. The maximum Gasteiger partial charge on any atom is 2.00 e. The zero-order valence-corrected chi connectivity index (χ0v) is 10.9. The van der Waals surface area contributed by atoms with Gasteiger partial charge >= 0.3 is 23.1 Å². The van der Waals surface area contributed by atoms with Crippen molar-refractivity contribution in [1.29, 1.82) is 0 Å². The van der Waals surface area contributed by atoms with E-state index in [9.17, 15) is 4.39 Å². The first kappa shape index (κ1) is 18.1. The fourth-order valence-corrected chi connectivity index (χ4v) is 0.575. The molecule has 0 amide bonds. The molecule has 11 heavy (non-hydrogen) atoms. The normalized spacial score (nSPS) is 6.73. The minimum absolute atomic E-state index is 0. The number of hydrogen-bond acceptors (Lipinski definition) is 0. The predicted molar refractivity (Wildman–Crippen MR) is 37.2 cm³/mol. The maximum atomic E-state index is 12.2. The summed E-state index contributed by atoms with van der Waals surface area (Å²) < 4.78 is 12.2. The van der Waals surface area contributed by atoms with Gasteiger partial charge in [-0.3, -0.25) is 0 Å². The Morgan fingerprint density at radius 1 is 1.09 bits per heavy atom. The van der Waals surface area contributed by atoms with E-state index in [0.29, 0.717) is 0 Å². The van der Waals surface area contributed by atoms with Crippen molar-refractivity contribution in [2.75, 3.05) is 0 Å². The molecule has 0 unspecified atom stereocenters. The van der Waals surface area contributed by atoms with Gasteiger partial charge in [0.1, 0.15) is 5.82 Å². The molecule has 0 fully saturated rings. The summed E-state index contributed by atoms with van der Waals surface area (Å²) in [6, 6.07) is 6.12. The quantitative estimate of drug-likeness (QED) is 0.430. The molecule has 0 spiro atoms. The molecule has 0 nitrogen and oxygen atoms in total. The van der Waals surface area contributed by atoms with Gasteiger partial charge in [-0.2, -0.15) is 0 Å². The van der Waals surface area contributed by atoms with Gasteiger partial charge in [0.2, 0.25) is 0 Å².